The molecule has 1 aliphatic heterocycles. The molecule has 156 valence electrons. The van der Waals surface area contributed by atoms with E-state index in [2.05, 4.69) is 4.98 Å². The van der Waals surface area contributed by atoms with Gasteiger partial charge in [-0.15, -0.1) is 0 Å². The first kappa shape index (κ1) is 21.0. The lowest BCUT2D eigenvalue weighted by Crippen LogP contribution is -2.28. The lowest BCUT2D eigenvalue weighted by Gasteiger charge is -2.24. The Bertz CT molecular complexity index is 861. The SMILES string of the molecule is CC(C)(C)OC(=O)c1ccccc1N1CCC(Oc2ccc(C(F)(F)F)cn2)C1. The molecule has 29 heavy (non-hydrogen) atoms. The number of nitrogens with zero attached hydrogens (tertiary/aromatic N) is 2. The predicted molar refractivity (Wildman–Crippen MR) is 102 cm³/mol. The van der Waals surface area contributed by atoms with Gasteiger partial charge < -0.3 is 14.4 Å². The molecule has 0 amide bonds. The second-order valence-electron chi connectivity index (χ2n) is 7.88. The highest BCUT2D eigenvalue weighted by Gasteiger charge is 2.32. The van der Waals surface area contributed by atoms with Crippen molar-refractivity contribution in [1.29, 1.82) is 0 Å². The smallest absolute Gasteiger partial charge is 0.417 e. The Kier molecular flexibility index (Phi) is 5.73. The first-order valence-corrected chi connectivity index (χ1v) is 9.30. The van der Waals surface area contributed by atoms with Crippen LogP contribution in [0.1, 0.15) is 43.1 Å². The maximum Gasteiger partial charge on any atom is 0.417 e. The average molecular weight is 408 g/mol. The summed E-state index contributed by atoms with van der Waals surface area (Å²) in [5.41, 5.74) is -0.206. The molecule has 2 heterocycles. The maximum absolute atomic E-state index is 12.6. The lowest BCUT2D eigenvalue weighted by atomic mass is 10.1. The summed E-state index contributed by atoms with van der Waals surface area (Å²) in [7, 11) is 0. The molecule has 5 nitrogen and oxygen atoms in total. The minimum atomic E-state index is -4.43. The van der Waals surface area contributed by atoms with Crippen molar-refractivity contribution < 1.29 is 27.4 Å². The number of ether oxygens (including phenoxy) is 2. The summed E-state index contributed by atoms with van der Waals surface area (Å²) in [5, 5.41) is 0. The molecule has 8 heteroatoms. The third kappa shape index (κ3) is 5.40. The molecule has 1 atom stereocenters. The first-order valence-electron chi connectivity index (χ1n) is 9.30. The van der Waals surface area contributed by atoms with Crippen molar-refractivity contribution in [3.63, 3.8) is 0 Å². The van der Waals surface area contributed by atoms with Crippen LogP contribution in [0.3, 0.4) is 0 Å². The fraction of sp³-hybridized carbons (Fsp3) is 0.429. The molecule has 1 aliphatic rings. The van der Waals surface area contributed by atoms with Gasteiger partial charge in [0.05, 0.1) is 23.4 Å². The molecule has 1 unspecified atom stereocenters. The molecule has 1 aromatic carbocycles. The zero-order valence-corrected chi connectivity index (χ0v) is 16.5. The minimum absolute atomic E-state index is 0.144. The Labute approximate surface area is 167 Å². The standard InChI is InChI=1S/C21H23F3N2O3/c1-20(2,3)29-19(27)16-6-4-5-7-17(16)26-11-10-15(13-26)28-18-9-8-14(12-25-18)21(22,23)24/h4-9,12,15H,10-11,13H2,1-3H3. The number of hydrogen-bond acceptors (Lipinski definition) is 5. The first-order chi connectivity index (χ1) is 13.5. The van der Waals surface area contributed by atoms with E-state index in [0.717, 1.165) is 18.0 Å². The van der Waals surface area contributed by atoms with Gasteiger partial charge in [0, 0.05) is 25.2 Å². The summed E-state index contributed by atoms with van der Waals surface area (Å²) in [6.45, 7) is 6.56. The number of carbonyl (C=O) groups excluding carboxylic acids is 1. The van der Waals surface area contributed by atoms with Gasteiger partial charge in [-0.25, -0.2) is 9.78 Å². The molecular weight excluding hydrogens is 385 g/mol. The van der Waals surface area contributed by atoms with Gasteiger partial charge in [-0.1, -0.05) is 12.1 Å². The monoisotopic (exact) mass is 408 g/mol. The van der Waals surface area contributed by atoms with Crippen molar-refractivity contribution in [3.8, 4) is 5.88 Å². The quantitative estimate of drug-likeness (QED) is 0.686. The molecule has 0 saturated carbocycles. The summed E-state index contributed by atoms with van der Waals surface area (Å²) >= 11 is 0. The van der Waals surface area contributed by atoms with E-state index in [4.69, 9.17) is 9.47 Å². The lowest BCUT2D eigenvalue weighted by molar-refractivity contribution is -0.137. The van der Waals surface area contributed by atoms with Crippen molar-refractivity contribution in [3.05, 3.63) is 53.7 Å². The molecule has 1 aromatic heterocycles. The highest BCUT2D eigenvalue weighted by atomic mass is 19.4. The number of pyridine rings is 1. The van der Waals surface area contributed by atoms with Crippen LogP contribution >= 0.6 is 0 Å². The summed E-state index contributed by atoms with van der Waals surface area (Å²) < 4.78 is 49.2. The summed E-state index contributed by atoms with van der Waals surface area (Å²) in [5.74, 6) is -0.257. The van der Waals surface area contributed by atoms with Crippen molar-refractivity contribution >= 4 is 11.7 Å². The molecule has 0 spiro atoms. The fourth-order valence-electron chi connectivity index (χ4n) is 3.09. The second kappa shape index (κ2) is 7.93. The predicted octanol–water partition coefficient (Wildman–Crippen LogP) is 4.71. The highest BCUT2D eigenvalue weighted by molar-refractivity contribution is 5.96. The van der Waals surface area contributed by atoms with E-state index in [1.807, 2.05) is 37.8 Å². The van der Waals surface area contributed by atoms with Crippen molar-refractivity contribution in [2.45, 2.75) is 45.1 Å². The number of carbonyl (C=O) groups is 1. The van der Waals surface area contributed by atoms with Crippen LogP contribution in [-0.4, -0.2) is 35.7 Å². The summed E-state index contributed by atoms with van der Waals surface area (Å²) in [4.78, 5) is 18.3. The third-order valence-electron chi connectivity index (χ3n) is 4.36. The molecule has 0 bridgehead atoms. The van der Waals surface area contributed by atoms with E-state index in [1.54, 1.807) is 12.1 Å². The summed E-state index contributed by atoms with van der Waals surface area (Å²) in [6, 6.07) is 9.35. The number of esters is 1. The number of alkyl halides is 3. The van der Waals surface area contributed by atoms with Crippen molar-refractivity contribution in [2.75, 3.05) is 18.0 Å². The minimum Gasteiger partial charge on any atom is -0.472 e. The maximum atomic E-state index is 12.6. The zero-order valence-electron chi connectivity index (χ0n) is 16.5. The van der Waals surface area contributed by atoms with Gasteiger partial charge in [-0.3, -0.25) is 0 Å². The van der Waals surface area contributed by atoms with Crippen LogP contribution in [0.2, 0.25) is 0 Å². The van der Waals surface area contributed by atoms with E-state index in [0.29, 0.717) is 25.1 Å². The van der Waals surface area contributed by atoms with E-state index < -0.39 is 23.3 Å². The van der Waals surface area contributed by atoms with E-state index in [-0.39, 0.29) is 12.0 Å². The van der Waals surface area contributed by atoms with Crippen LogP contribution in [0.5, 0.6) is 5.88 Å². The van der Waals surface area contributed by atoms with Gasteiger partial charge >= 0.3 is 12.1 Å². The van der Waals surface area contributed by atoms with E-state index in [9.17, 15) is 18.0 Å². The Morgan fingerprint density at radius 1 is 1.14 bits per heavy atom. The molecule has 2 aromatic rings. The number of halogens is 3. The van der Waals surface area contributed by atoms with Gasteiger partial charge in [0.1, 0.15) is 11.7 Å². The van der Waals surface area contributed by atoms with Crippen molar-refractivity contribution in [2.24, 2.45) is 0 Å². The number of anilines is 1. The average Bonchev–Trinajstić information content (AvgIpc) is 3.08. The largest absolute Gasteiger partial charge is 0.472 e. The molecule has 0 N–H and O–H groups in total. The van der Waals surface area contributed by atoms with E-state index >= 15 is 0 Å². The zero-order chi connectivity index (χ0) is 21.2. The molecule has 0 aliphatic carbocycles. The molecule has 3 rings (SSSR count). The van der Waals surface area contributed by atoms with Crippen molar-refractivity contribution in [1.82, 2.24) is 4.98 Å². The number of aromatic nitrogens is 1. The van der Waals surface area contributed by atoms with Crippen LogP contribution in [0.15, 0.2) is 42.6 Å². The number of rotatable bonds is 4. The van der Waals surface area contributed by atoms with Gasteiger partial charge in [-0.2, -0.15) is 13.2 Å². The topological polar surface area (TPSA) is 51.7 Å². The molecular formula is C21H23F3N2O3. The van der Waals surface area contributed by atoms with Gasteiger partial charge in [0.25, 0.3) is 0 Å². The van der Waals surface area contributed by atoms with Crippen LogP contribution in [0, 0.1) is 0 Å². The Morgan fingerprint density at radius 3 is 2.48 bits per heavy atom. The summed E-state index contributed by atoms with van der Waals surface area (Å²) in [6.07, 6.45) is -3.25. The van der Waals surface area contributed by atoms with Gasteiger partial charge in [-0.05, 0) is 39.0 Å². The van der Waals surface area contributed by atoms with Crippen LogP contribution in [0.25, 0.3) is 0 Å². The van der Waals surface area contributed by atoms with Crippen LogP contribution < -0.4 is 9.64 Å². The van der Waals surface area contributed by atoms with Crippen LogP contribution in [0.4, 0.5) is 18.9 Å². The Morgan fingerprint density at radius 2 is 1.86 bits per heavy atom. The fourth-order valence-corrected chi connectivity index (χ4v) is 3.09. The molecule has 1 fully saturated rings. The third-order valence-corrected chi connectivity index (χ3v) is 4.36. The Hall–Kier alpha value is -2.77. The Balaban J connectivity index is 1.68. The van der Waals surface area contributed by atoms with Gasteiger partial charge in [0.2, 0.25) is 5.88 Å². The number of benzene rings is 1. The number of hydrogen-bond donors (Lipinski definition) is 0. The highest BCUT2D eigenvalue weighted by Crippen LogP contribution is 2.30. The van der Waals surface area contributed by atoms with E-state index in [1.165, 1.54) is 6.07 Å². The molecule has 0 radical (unpaired) electrons. The van der Waals surface area contributed by atoms with Crippen LogP contribution in [-0.2, 0) is 10.9 Å². The molecule has 1 saturated heterocycles. The number of para-hydroxylation sites is 1. The second-order valence-corrected chi connectivity index (χ2v) is 7.88. The normalized spacial score (nSPS) is 17.3. The van der Waals surface area contributed by atoms with Gasteiger partial charge in [0.15, 0.2) is 0 Å².